The van der Waals surface area contributed by atoms with Crippen molar-refractivity contribution in [2.45, 2.75) is 32.5 Å². The molecule has 1 saturated carbocycles. The van der Waals surface area contributed by atoms with Crippen LogP contribution in [0.2, 0.25) is 0 Å². The number of aliphatic hydroxyl groups excluding tert-OH is 1. The molecule has 1 fully saturated rings. The van der Waals surface area contributed by atoms with Gasteiger partial charge in [0.25, 0.3) is 0 Å². The van der Waals surface area contributed by atoms with Gasteiger partial charge in [-0.15, -0.1) is 0 Å². The van der Waals surface area contributed by atoms with Gasteiger partial charge in [0.1, 0.15) is 0 Å². The van der Waals surface area contributed by atoms with Crippen LogP contribution in [-0.4, -0.2) is 18.3 Å². The third-order valence-corrected chi connectivity index (χ3v) is 3.93. The van der Waals surface area contributed by atoms with Gasteiger partial charge in [-0.2, -0.15) is 0 Å². The predicted octanol–water partition coefficient (Wildman–Crippen LogP) is 2.07. The lowest BCUT2D eigenvalue weighted by Crippen LogP contribution is -2.22. The Morgan fingerprint density at radius 2 is 1.78 bits per heavy atom. The molecule has 0 bridgehead atoms. The van der Waals surface area contributed by atoms with Crippen LogP contribution in [-0.2, 0) is 18.0 Å². The largest absolute Gasteiger partial charge is 0.392 e. The van der Waals surface area contributed by atoms with Crippen molar-refractivity contribution in [2.24, 2.45) is 17.6 Å². The molecule has 18 heavy (non-hydrogen) atoms. The summed E-state index contributed by atoms with van der Waals surface area (Å²) in [6, 6.07) is 7.91. The molecule has 3 heteroatoms. The van der Waals surface area contributed by atoms with Gasteiger partial charge in [0, 0.05) is 0 Å². The molecule has 0 saturated heterocycles. The number of hydrogen-bond acceptors (Lipinski definition) is 3. The zero-order valence-corrected chi connectivity index (χ0v) is 10.8. The topological polar surface area (TPSA) is 55.5 Å². The second kappa shape index (κ2) is 6.88. The van der Waals surface area contributed by atoms with Gasteiger partial charge in [0.2, 0.25) is 0 Å². The van der Waals surface area contributed by atoms with Crippen molar-refractivity contribution in [2.75, 3.05) is 13.2 Å². The molecule has 1 aliphatic carbocycles. The van der Waals surface area contributed by atoms with Gasteiger partial charge >= 0.3 is 0 Å². The molecule has 1 aliphatic rings. The maximum atomic E-state index is 8.96. The van der Waals surface area contributed by atoms with Crippen LogP contribution in [0.3, 0.4) is 0 Å². The van der Waals surface area contributed by atoms with E-state index in [0.717, 1.165) is 24.3 Å². The van der Waals surface area contributed by atoms with Crippen molar-refractivity contribution < 1.29 is 9.84 Å². The van der Waals surface area contributed by atoms with Gasteiger partial charge in [-0.05, 0) is 42.3 Å². The highest BCUT2D eigenvalue weighted by atomic mass is 16.5. The molecule has 3 N–H and O–H groups in total. The zero-order valence-electron chi connectivity index (χ0n) is 10.8. The molecule has 1 aromatic rings. The average Bonchev–Trinajstić information content (AvgIpc) is 2.87. The van der Waals surface area contributed by atoms with Crippen molar-refractivity contribution in [3.63, 3.8) is 0 Å². The van der Waals surface area contributed by atoms with Gasteiger partial charge < -0.3 is 15.6 Å². The third-order valence-electron chi connectivity index (χ3n) is 3.93. The van der Waals surface area contributed by atoms with Crippen LogP contribution in [0, 0.1) is 11.8 Å². The SMILES string of the molecule is NCC1CCCC1COCc1ccc(CO)cc1. The second-order valence-electron chi connectivity index (χ2n) is 5.18. The number of benzene rings is 1. The van der Waals surface area contributed by atoms with E-state index in [1.165, 1.54) is 19.3 Å². The van der Waals surface area contributed by atoms with Gasteiger partial charge in [-0.1, -0.05) is 30.7 Å². The summed E-state index contributed by atoms with van der Waals surface area (Å²) < 4.78 is 5.79. The van der Waals surface area contributed by atoms with E-state index in [1.54, 1.807) is 0 Å². The van der Waals surface area contributed by atoms with Gasteiger partial charge in [-0.3, -0.25) is 0 Å². The van der Waals surface area contributed by atoms with Crippen molar-refractivity contribution in [3.05, 3.63) is 35.4 Å². The van der Waals surface area contributed by atoms with Gasteiger partial charge in [0.05, 0.1) is 19.8 Å². The first-order chi connectivity index (χ1) is 8.83. The fourth-order valence-corrected chi connectivity index (χ4v) is 2.71. The highest BCUT2D eigenvalue weighted by Crippen LogP contribution is 2.31. The third kappa shape index (κ3) is 3.55. The Kier molecular flexibility index (Phi) is 5.17. The first-order valence-electron chi connectivity index (χ1n) is 6.80. The maximum absolute atomic E-state index is 8.96. The van der Waals surface area contributed by atoms with E-state index in [9.17, 15) is 0 Å². The summed E-state index contributed by atoms with van der Waals surface area (Å²) >= 11 is 0. The van der Waals surface area contributed by atoms with Gasteiger partial charge in [0.15, 0.2) is 0 Å². The molecule has 0 aromatic heterocycles. The Morgan fingerprint density at radius 1 is 1.11 bits per heavy atom. The first-order valence-corrected chi connectivity index (χ1v) is 6.80. The van der Waals surface area contributed by atoms with Crippen LogP contribution in [0.25, 0.3) is 0 Å². The molecular weight excluding hydrogens is 226 g/mol. The minimum atomic E-state index is 0.0986. The summed E-state index contributed by atoms with van der Waals surface area (Å²) in [5.74, 6) is 1.30. The Labute approximate surface area is 109 Å². The molecule has 0 radical (unpaired) electrons. The average molecular weight is 249 g/mol. The van der Waals surface area contributed by atoms with E-state index in [4.69, 9.17) is 15.6 Å². The Hall–Kier alpha value is -0.900. The molecule has 100 valence electrons. The minimum Gasteiger partial charge on any atom is -0.392 e. The predicted molar refractivity (Wildman–Crippen MR) is 71.9 cm³/mol. The number of rotatable bonds is 6. The molecule has 2 atom stereocenters. The molecular formula is C15H23NO2. The van der Waals surface area contributed by atoms with Crippen molar-refractivity contribution >= 4 is 0 Å². The summed E-state index contributed by atoms with van der Waals surface area (Å²) in [4.78, 5) is 0. The van der Waals surface area contributed by atoms with E-state index in [1.807, 2.05) is 24.3 Å². The van der Waals surface area contributed by atoms with Crippen LogP contribution in [0.1, 0.15) is 30.4 Å². The number of ether oxygens (including phenoxy) is 1. The van der Waals surface area contributed by atoms with Crippen LogP contribution in [0.4, 0.5) is 0 Å². The van der Waals surface area contributed by atoms with Crippen molar-refractivity contribution in [1.82, 2.24) is 0 Å². The monoisotopic (exact) mass is 249 g/mol. The summed E-state index contributed by atoms with van der Waals surface area (Å²) in [6.07, 6.45) is 3.81. The van der Waals surface area contributed by atoms with E-state index in [-0.39, 0.29) is 6.61 Å². The Balaban J connectivity index is 1.74. The Morgan fingerprint density at radius 3 is 2.44 bits per heavy atom. The molecule has 2 unspecified atom stereocenters. The highest BCUT2D eigenvalue weighted by molar-refractivity contribution is 5.21. The van der Waals surface area contributed by atoms with E-state index < -0.39 is 0 Å². The number of aliphatic hydroxyl groups is 1. The molecule has 0 heterocycles. The fraction of sp³-hybridized carbons (Fsp3) is 0.600. The molecule has 0 spiro atoms. The lowest BCUT2D eigenvalue weighted by molar-refractivity contribution is 0.0753. The van der Waals surface area contributed by atoms with E-state index in [0.29, 0.717) is 18.4 Å². The van der Waals surface area contributed by atoms with Gasteiger partial charge in [-0.25, -0.2) is 0 Å². The fourth-order valence-electron chi connectivity index (χ4n) is 2.71. The lowest BCUT2D eigenvalue weighted by atomic mass is 9.97. The van der Waals surface area contributed by atoms with Crippen LogP contribution in [0.5, 0.6) is 0 Å². The Bertz CT molecular complexity index is 350. The minimum absolute atomic E-state index is 0.0986. The molecule has 1 aromatic carbocycles. The quantitative estimate of drug-likeness (QED) is 0.811. The smallest absolute Gasteiger partial charge is 0.0717 e. The number of hydrogen-bond donors (Lipinski definition) is 2. The molecule has 2 rings (SSSR count). The lowest BCUT2D eigenvalue weighted by Gasteiger charge is -2.17. The van der Waals surface area contributed by atoms with E-state index in [2.05, 4.69) is 0 Å². The van der Waals surface area contributed by atoms with Crippen molar-refractivity contribution in [3.8, 4) is 0 Å². The molecule has 3 nitrogen and oxygen atoms in total. The van der Waals surface area contributed by atoms with Crippen LogP contribution in [0.15, 0.2) is 24.3 Å². The zero-order chi connectivity index (χ0) is 12.8. The maximum Gasteiger partial charge on any atom is 0.0717 e. The summed E-state index contributed by atoms with van der Waals surface area (Å²) in [7, 11) is 0. The summed E-state index contributed by atoms with van der Waals surface area (Å²) in [5, 5.41) is 8.96. The van der Waals surface area contributed by atoms with E-state index >= 15 is 0 Å². The van der Waals surface area contributed by atoms with Crippen LogP contribution >= 0.6 is 0 Å². The first kappa shape index (κ1) is 13.5. The summed E-state index contributed by atoms with van der Waals surface area (Å²) in [6.45, 7) is 2.36. The molecule has 0 amide bonds. The molecule has 0 aliphatic heterocycles. The van der Waals surface area contributed by atoms with Crippen molar-refractivity contribution in [1.29, 1.82) is 0 Å². The highest BCUT2D eigenvalue weighted by Gasteiger charge is 2.25. The van der Waals surface area contributed by atoms with Crippen LogP contribution < -0.4 is 5.73 Å². The second-order valence-corrected chi connectivity index (χ2v) is 5.18. The normalized spacial score (nSPS) is 23.4. The number of nitrogens with two attached hydrogens (primary N) is 1. The standard InChI is InChI=1S/C15H23NO2/c16-8-14-2-1-3-15(14)11-18-10-13-6-4-12(9-17)5-7-13/h4-7,14-15,17H,1-3,8-11,16H2. The summed E-state index contributed by atoms with van der Waals surface area (Å²) in [5.41, 5.74) is 7.86.